The van der Waals surface area contributed by atoms with Gasteiger partial charge in [0.1, 0.15) is 0 Å². The van der Waals surface area contributed by atoms with Crippen molar-refractivity contribution >= 4 is 0 Å². The highest BCUT2D eigenvalue weighted by atomic mass is 16.5. The van der Waals surface area contributed by atoms with Crippen molar-refractivity contribution in [2.24, 2.45) is 46.3 Å². The van der Waals surface area contributed by atoms with Gasteiger partial charge in [-0.2, -0.15) is 0 Å². The van der Waals surface area contributed by atoms with Crippen LogP contribution in [0.15, 0.2) is 24.3 Å². The molecule has 0 bridgehead atoms. The van der Waals surface area contributed by atoms with E-state index in [0.717, 1.165) is 35.5 Å². The van der Waals surface area contributed by atoms with Gasteiger partial charge >= 0.3 is 0 Å². The molecule has 0 heterocycles. The summed E-state index contributed by atoms with van der Waals surface area (Å²) in [5.74, 6) is 5.55. The van der Waals surface area contributed by atoms with E-state index >= 15 is 0 Å². The van der Waals surface area contributed by atoms with E-state index < -0.39 is 0 Å². The molecular weight excluding hydrogens is 376 g/mol. The maximum Gasteiger partial charge on any atom is 0.0648 e. The van der Waals surface area contributed by atoms with Crippen molar-refractivity contribution in [1.82, 2.24) is 0 Å². The molecule has 5 unspecified atom stereocenters. The Kier molecular flexibility index (Phi) is 7.12. The van der Waals surface area contributed by atoms with Crippen molar-refractivity contribution in [2.45, 2.75) is 111 Å². The predicted octanol–water partition coefficient (Wildman–Crippen LogP) is 8.60. The summed E-state index contributed by atoms with van der Waals surface area (Å²) in [5, 5.41) is 0. The first-order chi connectivity index (χ1) is 14.8. The number of rotatable bonds is 8. The third-order valence-electron chi connectivity index (χ3n) is 10.7. The zero-order chi connectivity index (χ0) is 22.2. The minimum atomic E-state index is 0.422. The van der Waals surface area contributed by atoms with Crippen LogP contribution < -0.4 is 0 Å². The normalized spacial score (nSPS) is 43.0. The van der Waals surface area contributed by atoms with Crippen molar-refractivity contribution < 1.29 is 4.74 Å². The Hall–Kier alpha value is -0.560. The molecule has 31 heavy (non-hydrogen) atoms. The lowest BCUT2D eigenvalue weighted by Gasteiger charge is -2.58. The highest BCUT2D eigenvalue weighted by Crippen LogP contribution is 2.67. The molecule has 8 atom stereocenters. The second kappa shape index (κ2) is 9.36. The monoisotopic (exact) mass is 426 g/mol. The third-order valence-corrected chi connectivity index (χ3v) is 10.7. The average Bonchev–Trinajstić information content (AvgIpc) is 3.09. The molecular formula is C30H50O. The molecule has 4 aliphatic rings. The van der Waals surface area contributed by atoms with E-state index in [0.29, 0.717) is 23.5 Å². The third kappa shape index (κ3) is 4.34. The number of fused-ring (bicyclic) bond motifs is 5. The van der Waals surface area contributed by atoms with E-state index in [1.54, 1.807) is 5.57 Å². The first-order valence-electron chi connectivity index (χ1n) is 13.7. The zero-order valence-electron chi connectivity index (χ0n) is 21.3. The lowest BCUT2D eigenvalue weighted by Crippen LogP contribution is -2.51. The number of allylic oxidation sites excluding steroid dienone is 1. The van der Waals surface area contributed by atoms with Crippen LogP contribution in [0.5, 0.6) is 0 Å². The van der Waals surface area contributed by atoms with Crippen LogP contribution in [0.1, 0.15) is 105 Å². The smallest absolute Gasteiger partial charge is 0.0648 e. The van der Waals surface area contributed by atoms with Gasteiger partial charge in [-0.15, -0.1) is 6.58 Å². The molecule has 0 radical (unpaired) electrons. The average molecular weight is 427 g/mol. The Balaban J connectivity index is 1.45. The van der Waals surface area contributed by atoms with Gasteiger partial charge in [-0.05, 0) is 97.7 Å². The SMILES string of the molecule is C=CCOC1CC[C@@]2(C)C(=CCC3C2CC[C@@]2(C)C3CC[C@@H]2C(C)CCCC(C)C)C1. The molecule has 1 heteroatoms. The van der Waals surface area contributed by atoms with E-state index in [1.165, 1.54) is 70.6 Å². The highest BCUT2D eigenvalue weighted by molar-refractivity contribution is 5.25. The maximum atomic E-state index is 6.08. The molecule has 3 fully saturated rings. The molecule has 0 saturated heterocycles. The fourth-order valence-electron chi connectivity index (χ4n) is 9.00. The van der Waals surface area contributed by atoms with Crippen molar-refractivity contribution in [1.29, 1.82) is 0 Å². The van der Waals surface area contributed by atoms with Crippen LogP contribution in [-0.4, -0.2) is 12.7 Å². The molecule has 176 valence electrons. The van der Waals surface area contributed by atoms with Gasteiger partial charge in [0.25, 0.3) is 0 Å². The Morgan fingerprint density at radius 2 is 1.87 bits per heavy atom. The standard InChI is InChI=1S/C30H50O/c1-7-19-31-24-15-17-29(5)23(20-24)11-12-25-27-14-13-26(22(4)10-8-9-21(2)3)30(27,6)18-16-28(25)29/h7,11,21-22,24-28H,1,8-10,12-20H2,2-6H3/t22?,24?,25?,26-,27?,28?,29+,30-/m1/s1. The topological polar surface area (TPSA) is 9.23 Å². The Morgan fingerprint density at radius 3 is 2.61 bits per heavy atom. The molecule has 0 aromatic rings. The summed E-state index contributed by atoms with van der Waals surface area (Å²) in [6, 6.07) is 0. The Labute approximate surface area is 193 Å². The van der Waals surface area contributed by atoms with Crippen molar-refractivity contribution in [2.75, 3.05) is 6.61 Å². The van der Waals surface area contributed by atoms with Crippen LogP contribution in [0.3, 0.4) is 0 Å². The fourth-order valence-corrected chi connectivity index (χ4v) is 9.00. The maximum absolute atomic E-state index is 6.08. The molecule has 1 nitrogen and oxygen atoms in total. The summed E-state index contributed by atoms with van der Waals surface area (Å²) < 4.78 is 6.08. The van der Waals surface area contributed by atoms with Crippen LogP contribution in [0, 0.1) is 46.3 Å². The summed E-state index contributed by atoms with van der Waals surface area (Å²) in [6.45, 7) is 17.2. The zero-order valence-corrected chi connectivity index (χ0v) is 21.3. The van der Waals surface area contributed by atoms with E-state index in [-0.39, 0.29) is 0 Å². The van der Waals surface area contributed by atoms with Gasteiger partial charge in [0.05, 0.1) is 12.7 Å². The molecule has 0 aromatic heterocycles. The van der Waals surface area contributed by atoms with Crippen molar-refractivity contribution in [3.63, 3.8) is 0 Å². The number of ether oxygens (including phenoxy) is 1. The Morgan fingerprint density at radius 1 is 1.06 bits per heavy atom. The first kappa shape index (κ1) is 23.6. The molecule has 0 aromatic carbocycles. The molecule has 4 rings (SSSR count). The second-order valence-corrected chi connectivity index (χ2v) is 12.8. The van der Waals surface area contributed by atoms with Gasteiger partial charge in [0, 0.05) is 0 Å². The number of hydrogen-bond donors (Lipinski definition) is 0. The lowest BCUT2D eigenvalue weighted by molar-refractivity contribution is -0.0621. The van der Waals surface area contributed by atoms with Crippen LogP contribution in [-0.2, 0) is 4.74 Å². The molecule has 3 saturated carbocycles. The summed E-state index contributed by atoms with van der Waals surface area (Å²) in [5.41, 5.74) is 2.79. The minimum absolute atomic E-state index is 0.422. The van der Waals surface area contributed by atoms with Gasteiger partial charge in [-0.3, -0.25) is 0 Å². The van der Waals surface area contributed by atoms with E-state index in [2.05, 4.69) is 47.3 Å². The van der Waals surface area contributed by atoms with Gasteiger partial charge in [-0.1, -0.05) is 71.6 Å². The summed E-state index contributed by atoms with van der Waals surface area (Å²) in [6.07, 6.45) is 20.4. The molecule has 0 spiro atoms. The Bertz CT molecular complexity index is 661. The van der Waals surface area contributed by atoms with E-state index in [4.69, 9.17) is 4.74 Å². The molecule has 0 aliphatic heterocycles. The van der Waals surface area contributed by atoms with Crippen molar-refractivity contribution in [3.8, 4) is 0 Å². The summed E-state index contributed by atoms with van der Waals surface area (Å²) >= 11 is 0. The van der Waals surface area contributed by atoms with Gasteiger partial charge in [0.15, 0.2) is 0 Å². The van der Waals surface area contributed by atoms with Crippen LogP contribution in [0.25, 0.3) is 0 Å². The highest BCUT2D eigenvalue weighted by Gasteiger charge is 2.59. The number of hydrogen-bond acceptors (Lipinski definition) is 1. The second-order valence-electron chi connectivity index (χ2n) is 12.8. The predicted molar refractivity (Wildman–Crippen MR) is 133 cm³/mol. The summed E-state index contributed by atoms with van der Waals surface area (Å²) in [7, 11) is 0. The molecule has 4 aliphatic carbocycles. The van der Waals surface area contributed by atoms with E-state index in [9.17, 15) is 0 Å². The molecule has 0 N–H and O–H groups in total. The van der Waals surface area contributed by atoms with E-state index in [1.807, 2.05) is 6.08 Å². The fraction of sp³-hybridized carbons (Fsp3) is 0.867. The lowest BCUT2D eigenvalue weighted by atomic mass is 9.47. The van der Waals surface area contributed by atoms with Crippen LogP contribution >= 0.6 is 0 Å². The van der Waals surface area contributed by atoms with Gasteiger partial charge in [0.2, 0.25) is 0 Å². The first-order valence-corrected chi connectivity index (χ1v) is 13.7. The largest absolute Gasteiger partial charge is 0.374 e. The quantitative estimate of drug-likeness (QED) is 0.353. The van der Waals surface area contributed by atoms with Crippen molar-refractivity contribution in [3.05, 3.63) is 24.3 Å². The van der Waals surface area contributed by atoms with Gasteiger partial charge < -0.3 is 4.74 Å². The minimum Gasteiger partial charge on any atom is -0.374 e. The summed E-state index contributed by atoms with van der Waals surface area (Å²) in [4.78, 5) is 0. The van der Waals surface area contributed by atoms with Crippen LogP contribution in [0.4, 0.5) is 0 Å². The van der Waals surface area contributed by atoms with Gasteiger partial charge in [-0.25, -0.2) is 0 Å². The van der Waals surface area contributed by atoms with Crippen LogP contribution in [0.2, 0.25) is 0 Å². The molecule has 0 amide bonds.